The second kappa shape index (κ2) is 7.25. The number of carbonyl (C=O) groups excluding carboxylic acids is 1. The third-order valence-corrected chi connectivity index (χ3v) is 7.01. The van der Waals surface area contributed by atoms with Crippen molar-refractivity contribution in [2.75, 3.05) is 6.54 Å². The van der Waals surface area contributed by atoms with Crippen LogP contribution >= 0.6 is 22.7 Å². The first-order valence-corrected chi connectivity index (χ1v) is 10.6. The largest absolute Gasteiger partial charge is 0.351 e. The van der Waals surface area contributed by atoms with Crippen LogP contribution in [0, 0.1) is 6.92 Å². The van der Waals surface area contributed by atoms with E-state index in [-0.39, 0.29) is 5.91 Å². The monoisotopic (exact) mass is 374 g/mol. The molecule has 132 valence electrons. The van der Waals surface area contributed by atoms with Gasteiger partial charge in [0.2, 0.25) is 0 Å². The summed E-state index contributed by atoms with van der Waals surface area (Å²) in [6, 6.07) is 0. The van der Waals surface area contributed by atoms with E-state index in [1.807, 2.05) is 17.5 Å². The molecule has 0 unspecified atom stereocenters. The topological polar surface area (TPSA) is 59.3 Å². The van der Waals surface area contributed by atoms with Gasteiger partial charge in [-0.2, -0.15) is 0 Å². The Morgan fingerprint density at radius 2 is 2.20 bits per heavy atom. The Labute approximate surface area is 155 Å². The zero-order valence-electron chi connectivity index (χ0n) is 14.3. The summed E-state index contributed by atoms with van der Waals surface area (Å²) >= 11 is 3.16. The normalized spacial score (nSPS) is 15.7. The maximum Gasteiger partial charge on any atom is 0.263 e. The molecule has 0 aromatic carbocycles. The van der Waals surface area contributed by atoms with Crippen molar-refractivity contribution in [1.82, 2.24) is 19.7 Å². The fourth-order valence-corrected chi connectivity index (χ4v) is 5.38. The van der Waals surface area contributed by atoms with Crippen LogP contribution in [0.2, 0.25) is 0 Å². The van der Waals surface area contributed by atoms with Crippen LogP contribution in [0.15, 0.2) is 17.8 Å². The van der Waals surface area contributed by atoms with Gasteiger partial charge in [-0.05, 0) is 19.8 Å². The van der Waals surface area contributed by atoms with Crippen molar-refractivity contribution in [3.63, 3.8) is 0 Å². The van der Waals surface area contributed by atoms with E-state index in [0.717, 1.165) is 27.0 Å². The van der Waals surface area contributed by atoms with Gasteiger partial charge in [0.1, 0.15) is 4.88 Å². The Bertz CT molecular complexity index is 873. The van der Waals surface area contributed by atoms with Crippen LogP contribution in [0.25, 0.3) is 4.96 Å². The quantitative estimate of drug-likeness (QED) is 0.729. The molecule has 25 heavy (non-hydrogen) atoms. The highest BCUT2D eigenvalue weighted by atomic mass is 32.1. The van der Waals surface area contributed by atoms with E-state index >= 15 is 0 Å². The first kappa shape index (κ1) is 16.7. The average Bonchev–Trinajstić information content (AvgIpc) is 3.34. The standard InChI is InChI=1S/C18H22N4OS2/c1-12-16(25-18-20-9-10-22(12)18)17(23)19-8-7-15-21-14(11-24-15)13-5-3-2-4-6-13/h9-11,13H,2-8H2,1H3,(H,19,23). The number of thiazole rings is 2. The van der Waals surface area contributed by atoms with E-state index in [4.69, 9.17) is 4.98 Å². The summed E-state index contributed by atoms with van der Waals surface area (Å²) in [7, 11) is 0. The molecule has 3 aromatic rings. The third-order valence-electron chi connectivity index (χ3n) is 4.91. The van der Waals surface area contributed by atoms with Gasteiger partial charge in [0.25, 0.3) is 5.91 Å². The summed E-state index contributed by atoms with van der Waals surface area (Å²) < 4.78 is 1.96. The van der Waals surface area contributed by atoms with Crippen molar-refractivity contribution in [1.29, 1.82) is 0 Å². The second-order valence-corrected chi connectivity index (χ2v) is 8.52. The molecule has 3 heterocycles. The minimum atomic E-state index is -0.0166. The highest BCUT2D eigenvalue weighted by molar-refractivity contribution is 7.19. The van der Waals surface area contributed by atoms with Crippen LogP contribution in [-0.4, -0.2) is 26.8 Å². The number of aryl methyl sites for hydroxylation is 1. The van der Waals surface area contributed by atoms with Gasteiger partial charge in [-0.15, -0.1) is 11.3 Å². The molecule has 1 amide bonds. The molecule has 1 N–H and O–H groups in total. The molecule has 7 heteroatoms. The summed E-state index contributed by atoms with van der Waals surface area (Å²) in [5.41, 5.74) is 2.21. The van der Waals surface area contributed by atoms with Crippen molar-refractivity contribution in [3.8, 4) is 0 Å². The number of hydrogen-bond donors (Lipinski definition) is 1. The molecule has 1 fully saturated rings. The minimum absolute atomic E-state index is 0.0166. The molecule has 0 saturated heterocycles. The van der Waals surface area contributed by atoms with Crippen LogP contribution in [0.4, 0.5) is 0 Å². The molecule has 1 aliphatic rings. The number of fused-ring (bicyclic) bond motifs is 1. The molecular weight excluding hydrogens is 352 g/mol. The molecule has 0 bridgehead atoms. The van der Waals surface area contributed by atoms with Crippen molar-refractivity contribution < 1.29 is 4.79 Å². The van der Waals surface area contributed by atoms with E-state index < -0.39 is 0 Å². The van der Waals surface area contributed by atoms with E-state index in [0.29, 0.717) is 12.5 Å². The van der Waals surface area contributed by atoms with Gasteiger partial charge in [0.15, 0.2) is 4.96 Å². The molecule has 0 atom stereocenters. The fourth-order valence-electron chi connectivity index (χ4n) is 3.49. The van der Waals surface area contributed by atoms with Crippen molar-refractivity contribution in [3.05, 3.63) is 39.0 Å². The lowest BCUT2D eigenvalue weighted by Gasteiger charge is -2.19. The van der Waals surface area contributed by atoms with E-state index in [1.165, 1.54) is 49.1 Å². The number of hydrogen-bond acceptors (Lipinski definition) is 5. The van der Waals surface area contributed by atoms with Gasteiger partial charge in [-0.25, -0.2) is 9.97 Å². The van der Waals surface area contributed by atoms with Crippen LogP contribution in [0.5, 0.6) is 0 Å². The summed E-state index contributed by atoms with van der Waals surface area (Å²) in [4.78, 5) is 23.1. The fraction of sp³-hybridized carbons (Fsp3) is 0.500. The van der Waals surface area contributed by atoms with Crippen molar-refractivity contribution >= 4 is 33.5 Å². The summed E-state index contributed by atoms with van der Waals surface area (Å²) in [5.74, 6) is 0.635. The number of rotatable bonds is 5. The van der Waals surface area contributed by atoms with Gasteiger partial charge in [0, 0.05) is 42.4 Å². The van der Waals surface area contributed by atoms with Crippen molar-refractivity contribution in [2.45, 2.75) is 51.4 Å². The zero-order valence-corrected chi connectivity index (χ0v) is 16.0. The first-order valence-electron chi connectivity index (χ1n) is 8.87. The maximum atomic E-state index is 12.4. The average molecular weight is 375 g/mol. The molecule has 5 nitrogen and oxygen atoms in total. The molecule has 0 aliphatic heterocycles. The lowest BCUT2D eigenvalue weighted by molar-refractivity contribution is 0.0957. The van der Waals surface area contributed by atoms with Gasteiger partial charge in [-0.1, -0.05) is 30.6 Å². The maximum absolute atomic E-state index is 12.4. The summed E-state index contributed by atoms with van der Waals surface area (Å²) in [5, 5.41) is 6.36. The molecular formula is C18H22N4OS2. The molecule has 1 aliphatic carbocycles. The highest BCUT2D eigenvalue weighted by Gasteiger charge is 2.19. The SMILES string of the molecule is Cc1c(C(=O)NCCc2nc(C3CCCCC3)cs2)sc2nccn12. The Morgan fingerprint density at radius 3 is 3.00 bits per heavy atom. The molecule has 3 aromatic heterocycles. The summed E-state index contributed by atoms with van der Waals surface area (Å²) in [6.07, 6.45) is 11.0. The van der Waals surface area contributed by atoms with Gasteiger partial charge in [0.05, 0.1) is 10.7 Å². The Kier molecular flexibility index (Phi) is 4.85. The smallest absolute Gasteiger partial charge is 0.263 e. The van der Waals surface area contributed by atoms with Crippen LogP contribution in [0.3, 0.4) is 0 Å². The Morgan fingerprint density at radius 1 is 1.36 bits per heavy atom. The molecule has 4 rings (SSSR count). The Hall–Kier alpha value is -1.73. The van der Waals surface area contributed by atoms with Gasteiger partial charge < -0.3 is 5.32 Å². The van der Waals surface area contributed by atoms with Crippen LogP contribution in [0.1, 0.15) is 64.1 Å². The van der Waals surface area contributed by atoms with Crippen LogP contribution in [-0.2, 0) is 6.42 Å². The highest BCUT2D eigenvalue weighted by Crippen LogP contribution is 2.33. The number of imidazole rings is 1. The van der Waals surface area contributed by atoms with E-state index in [1.54, 1.807) is 17.5 Å². The third kappa shape index (κ3) is 3.48. The molecule has 0 spiro atoms. The number of aromatic nitrogens is 3. The minimum Gasteiger partial charge on any atom is -0.351 e. The molecule has 0 radical (unpaired) electrons. The number of carbonyl (C=O) groups is 1. The van der Waals surface area contributed by atoms with E-state index in [2.05, 4.69) is 15.7 Å². The zero-order chi connectivity index (χ0) is 17.2. The lowest BCUT2D eigenvalue weighted by Crippen LogP contribution is -2.25. The lowest BCUT2D eigenvalue weighted by atomic mass is 9.87. The molecule has 1 saturated carbocycles. The predicted octanol–water partition coefficient (Wildman–Crippen LogP) is 4.18. The van der Waals surface area contributed by atoms with Crippen LogP contribution < -0.4 is 5.32 Å². The first-order chi connectivity index (χ1) is 12.2. The van der Waals surface area contributed by atoms with Crippen molar-refractivity contribution in [2.24, 2.45) is 0 Å². The number of nitrogens with one attached hydrogen (secondary N) is 1. The van der Waals surface area contributed by atoms with Gasteiger partial charge >= 0.3 is 0 Å². The Balaban J connectivity index is 1.33. The van der Waals surface area contributed by atoms with Gasteiger partial charge in [-0.3, -0.25) is 9.20 Å². The second-order valence-electron chi connectivity index (χ2n) is 6.60. The summed E-state index contributed by atoms with van der Waals surface area (Å²) in [6.45, 7) is 2.58. The number of amides is 1. The predicted molar refractivity (Wildman–Crippen MR) is 102 cm³/mol. The van der Waals surface area contributed by atoms with E-state index in [9.17, 15) is 4.79 Å². The number of nitrogens with zero attached hydrogens (tertiary/aromatic N) is 3.